The molecular formula is C64H50O3. The first kappa shape index (κ1) is 42.8. The molecule has 0 N–H and O–H groups in total. The first-order chi connectivity index (χ1) is 32.5. The number of aryl methyl sites for hydroxylation is 6. The Balaban J connectivity index is 1.05. The third kappa shape index (κ3) is 8.26. The maximum absolute atomic E-state index is 14.9. The Morgan fingerprint density at radius 3 is 0.537 bits per heavy atom. The summed E-state index contributed by atoms with van der Waals surface area (Å²) in [6.45, 7) is 12.4. The number of hydrogen-bond donors (Lipinski definition) is 0. The lowest BCUT2D eigenvalue weighted by Gasteiger charge is -2.16. The van der Waals surface area contributed by atoms with Crippen LogP contribution in [0, 0.1) is 41.5 Å². The van der Waals surface area contributed by atoms with Crippen molar-refractivity contribution in [3.05, 3.63) is 272 Å². The maximum atomic E-state index is 14.9. The minimum atomic E-state index is 0.00896. The first-order valence-electron chi connectivity index (χ1n) is 22.9. The van der Waals surface area contributed by atoms with Gasteiger partial charge < -0.3 is 4.74 Å². The average Bonchev–Trinajstić information content (AvgIpc) is 3.81. The number of ketones is 2. The molecule has 324 valence electrons. The minimum Gasteiger partial charge on any atom is -0.457 e. The van der Waals surface area contributed by atoms with E-state index in [1.54, 1.807) is 0 Å². The third-order valence-electron chi connectivity index (χ3n) is 13.0. The Morgan fingerprint density at radius 1 is 0.209 bits per heavy atom. The van der Waals surface area contributed by atoms with Crippen LogP contribution in [-0.2, 0) is 9.59 Å². The maximum Gasteiger partial charge on any atom is 0.195 e. The second-order valence-corrected chi connectivity index (χ2v) is 18.0. The van der Waals surface area contributed by atoms with Crippen LogP contribution in [0.1, 0.15) is 77.9 Å². The van der Waals surface area contributed by atoms with E-state index >= 15 is 0 Å². The van der Waals surface area contributed by atoms with Gasteiger partial charge in [0.2, 0.25) is 0 Å². The van der Waals surface area contributed by atoms with Gasteiger partial charge in [-0.25, -0.2) is 0 Å². The molecule has 3 nitrogen and oxygen atoms in total. The number of ether oxygens (including phenoxy) is 1. The minimum absolute atomic E-state index is 0.00896. The van der Waals surface area contributed by atoms with Gasteiger partial charge in [0.1, 0.15) is 11.5 Å². The van der Waals surface area contributed by atoms with E-state index in [0.29, 0.717) is 33.8 Å². The van der Waals surface area contributed by atoms with Crippen LogP contribution >= 0.6 is 0 Å². The molecule has 0 bridgehead atoms. The van der Waals surface area contributed by atoms with Crippen molar-refractivity contribution in [2.45, 2.75) is 41.5 Å². The predicted octanol–water partition coefficient (Wildman–Crippen LogP) is 15.5. The lowest BCUT2D eigenvalue weighted by atomic mass is 9.88. The lowest BCUT2D eigenvalue weighted by molar-refractivity contribution is -0.109. The molecule has 0 radical (unpaired) electrons. The van der Waals surface area contributed by atoms with Gasteiger partial charge in [-0.15, -0.1) is 0 Å². The van der Waals surface area contributed by atoms with Crippen molar-refractivity contribution < 1.29 is 14.3 Å². The number of Topliss-reactive ketones (excluding diaryl/α,β-unsaturated/α-hetero) is 2. The number of carbonyl (C=O) groups excluding carboxylic acids is 2. The highest BCUT2D eigenvalue weighted by Crippen LogP contribution is 2.52. The molecule has 0 unspecified atom stereocenters. The zero-order valence-corrected chi connectivity index (χ0v) is 38.7. The number of carbonyl (C=O) groups is 2. The largest absolute Gasteiger partial charge is 0.457 e. The van der Waals surface area contributed by atoms with Crippen LogP contribution in [0.2, 0.25) is 0 Å². The highest BCUT2D eigenvalue weighted by Gasteiger charge is 2.37. The summed E-state index contributed by atoms with van der Waals surface area (Å²) in [5.41, 5.74) is 20.6. The van der Waals surface area contributed by atoms with Crippen molar-refractivity contribution in [3.8, 4) is 11.5 Å². The highest BCUT2D eigenvalue weighted by molar-refractivity contribution is 6.60. The molecule has 0 fully saturated rings. The van der Waals surface area contributed by atoms with E-state index in [1.807, 2.05) is 24.3 Å². The molecule has 0 aliphatic heterocycles. The molecular weight excluding hydrogens is 817 g/mol. The first-order valence-corrected chi connectivity index (χ1v) is 22.9. The van der Waals surface area contributed by atoms with Gasteiger partial charge in [-0.3, -0.25) is 9.59 Å². The summed E-state index contributed by atoms with van der Waals surface area (Å²) >= 11 is 0. The van der Waals surface area contributed by atoms with Crippen molar-refractivity contribution in [1.82, 2.24) is 0 Å². The monoisotopic (exact) mass is 866 g/mol. The molecule has 0 atom stereocenters. The van der Waals surface area contributed by atoms with E-state index in [1.165, 1.54) is 0 Å². The highest BCUT2D eigenvalue weighted by atomic mass is 16.5. The molecule has 8 aromatic rings. The standard InChI is InChI=1S/C64H50O3/c1-39-7-19-45(20-8-39)55-57(61(51-27-15-43(5)16-28-51)63(65)59(55)49-23-11-41(3)12-24-49)47-31-35-53(36-32-47)67-54-37-33-48(34-38-54)58-56(46-21-9-40(2)10-22-46)60(50-25-13-42(4)14-26-50)64(66)62(58)52-29-17-44(6)18-30-52/h7-38H,1-6H3. The zero-order valence-electron chi connectivity index (χ0n) is 38.7. The average molecular weight is 867 g/mol. The fourth-order valence-corrected chi connectivity index (χ4v) is 9.30. The van der Waals surface area contributed by atoms with Crippen molar-refractivity contribution in [2.24, 2.45) is 0 Å². The molecule has 0 saturated heterocycles. The van der Waals surface area contributed by atoms with Crippen molar-refractivity contribution in [2.75, 3.05) is 0 Å². The zero-order chi connectivity index (χ0) is 46.3. The molecule has 2 aliphatic rings. The topological polar surface area (TPSA) is 43.4 Å². The molecule has 3 heteroatoms. The Morgan fingerprint density at radius 2 is 0.358 bits per heavy atom. The molecule has 67 heavy (non-hydrogen) atoms. The summed E-state index contributed by atoms with van der Waals surface area (Å²) < 4.78 is 6.57. The van der Waals surface area contributed by atoms with Gasteiger partial charge >= 0.3 is 0 Å². The van der Waals surface area contributed by atoms with Crippen LogP contribution in [0.4, 0.5) is 0 Å². The normalized spacial score (nSPS) is 13.9. The van der Waals surface area contributed by atoms with E-state index in [0.717, 1.165) is 100 Å². The van der Waals surface area contributed by atoms with Crippen LogP contribution in [-0.4, -0.2) is 11.6 Å². The Labute approximate surface area is 393 Å². The molecule has 0 saturated carbocycles. The van der Waals surface area contributed by atoms with Crippen molar-refractivity contribution in [1.29, 1.82) is 0 Å². The van der Waals surface area contributed by atoms with Crippen LogP contribution in [0.25, 0.3) is 44.6 Å². The molecule has 2 aliphatic carbocycles. The van der Waals surface area contributed by atoms with Crippen LogP contribution < -0.4 is 4.74 Å². The van der Waals surface area contributed by atoms with Gasteiger partial charge in [0.25, 0.3) is 0 Å². The van der Waals surface area contributed by atoms with E-state index in [2.05, 4.69) is 211 Å². The summed E-state index contributed by atoms with van der Waals surface area (Å²) in [7, 11) is 0. The fourth-order valence-electron chi connectivity index (χ4n) is 9.30. The van der Waals surface area contributed by atoms with Crippen molar-refractivity contribution in [3.63, 3.8) is 0 Å². The van der Waals surface area contributed by atoms with E-state index < -0.39 is 0 Å². The molecule has 0 spiro atoms. The Bertz CT molecular complexity index is 3110. The molecule has 0 aromatic heterocycles. The number of hydrogen-bond acceptors (Lipinski definition) is 3. The predicted molar refractivity (Wildman–Crippen MR) is 277 cm³/mol. The molecule has 8 aromatic carbocycles. The van der Waals surface area contributed by atoms with Gasteiger partial charge in [0.05, 0.1) is 0 Å². The summed E-state index contributed by atoms with van der Waals surface area (Å²) in [4.78, 5) is 29.9. The lowest BCUT2D eigenvalue weighted by Crippen LogP contribution is -2.02. The number of allylic oxidation sites excluding steroid dienone is 8. The second-order valence-electron chi connectivity index (χ2n) is 18.0. The smallest absolute Gasteiger partial charge is 0.195 e. The quantitative estimate of drug-likeness (QED) is 0.138. The summed E-state index contributed by atoms with van der Waals surface area (Å²) in [6.07, 6.45) is 0. The van der Waals surface area contributed by atoms with Gasteiger partial charge in [-0.05, 0) is 110 Å². The Hall–Kier alpha value is -8.14. The van der Waals surface area contributed by atoms with E-state index in [-0.39, 0.29) is 11.6 Å². The Kier molecular flexibility index (Phi) is 11.3. The second kappa shape index (κ2) is 17.7. The molecule has 0 amide bonds. The van der Waals surface area contributed by atoms with Gasteiger partial charge in [0.15, 0.2) is 11.6 Å². The summed E-state index contributed by atoms with van der Waals surface area (Å²) in [6, 6.07) is 66.0. The molecule has 10 rings (SSSR count). The SMILES string of the molecule is Cc1ccc(C2=C(c3ccc(C)cc3)C(c3ccc(Oc4ccc(C5=C(c6ccc(C)cc6)C(=O)C(c6ccc(C)cc6)=C5c5ccc(C)cc5)cc4)cc3)=C(c3ccc(C)cc3)C2=O)cc1. The van der Waals surface area contributed by atoms with Gasteiger partial charge in [-0.1, -0.05) is 203 Å². The van der Waals surface area contributed by atoms with Crippen LogP contribution in [0.3, 0.4) is 0 Å². The van der Waals surface area contributed by atoms with Gasteiger partial charge in [-0.2, -0.15) is 0 Å². The van der Waals surface area contributed by atoms with Crippen molar-refractivity contribution >= 4 is 56.2 Å². The number of benzene rings is 8. The number of rotatable bonds is 10. The van der Waals surface area contributed by atoms with E-state index in [4.69, 9.17) is 4.74 Å². The van der Waals surface area contributed by atoms with Gasteiger partial charge in [0, 0.05) is 44.6 Å². The fraction of sp³-hybridized carbons (Fsp3) is 0.0938. The van der Waals surface area contributed by atoms with E-state index in [9.17, 15) is 9.59 Å². The summed E-state index contributed by atoms with van der Waals surface area (Å²) in [5, 5.41) is 0. The molecule has 0 heterocycles. The van der Waals surface area contributed by atoms with Crippen LogP contribution in [0.15, 0.2) is 194 Å². The summed E-state index contributed by atoms with van der Waals surface area (Å²) in [5.74, 6) is 1.34. The third-order valence-corrected chi connectivity index (χ3v) is 13.0. The van der Waals surface area contributed by atoms with Crippen LogP contribution in [0.5, 0.6) is 11.5 Å².